The van der Waals surface area contributed by atoms with E-state index in [2.05, 4.69) is 17.2 Å². The fraction of sp³-hybridized carbons (Fsp3) is 0.600. The van der Waals surface area contributed by atoms with E-state index in [1.807, 2.05) is 19.1 Å². The molecule has 0 aliphatic rings. The summed E-state index contributed by atoms with van der Waals surface area (Å²) in [7, 11) is 0. The number of carbonyl (C=O) groups is 1. The highest BCUT2D eigenvalue weighted by molar-refractivity contribution is 5.78. The molecule has 1 aromatic heterocycles. The average molecular weight is 248 g/mol. The Hall–Kier alpha value is -1.38. The van der Waals surface area contributed by atoms with Crippen molar-refractivity contribution in [2.24, 2.45) is 5.92 Å². The smallest absolute Gasteiger partial charge is 0.222 e. The van der Waals surface area contributed by atoms with Gasteiger partial charge in [-0.3, -0.25) is 9.78 Å². The molecule has 0 spiro atoms. The minimum absolute atomic E-state index is 0.144. The van der Waals surface area contributed by atoms with Crippen LogP contribution >= 0.6 is 0 Å². The molecule has 1 amide bonds. The summed E-state index contributed by atoms with van der Waals surface area (Å²) in [5.41, 5.74) is 1.28. The summed E-state index contributed by atoms with van der Waals surface area (Å²) in [6.45, 7) is 4.92. The number of hydrogen-bond acceptors (Lipinski definition) is 2. The number of nitrogens with zero attached hydrogens (tertiary/aromatic N) is 1. The standard InChI is InChI=1S/C15H24N2O/c1-3-4-6-13(2)15(18)17-10-5-7-14-8-11-16-12-9-14/h8-9,11-13H,3-7,10H2,1-2H3,(H,17,18). The number of carbonyl (C=O) groups excluding carboxylic acids is 1. The van der Waals surface area contributed by atoms with E-state index < -0.39 is 0 Å². The Kier molecular flexibility index (Phi) is 7.07. The summed E-state index contributed by atoms with van der Waals surface area (Å²) in [4.78, 5) is 15.7. The number of aromatic nitrogens is 1. The first-order chi connectivity index (χ1) is 8.74. The van der Waals surface area contributed by atoms with Gasteiger partial charge in [-0.25, -0.2) is 0 Å². The van der Waals surface area contributed by atoms with Crippen molar-refractivity contribution in [2.75, 3.05) is 6.54 Å². The predicted molar refractivity (Wildman–Crippen MR) is 74.3 cm³/mol. The van der Waals surface area contributed by atoms with Crippen LogP contribution in [0.2, 0.25) is 0 Å². The molecular formula is C15H24N2O. The molecule has 3 heteroatoms. The maximum absolute atomic E-state index is 11.7. The Bertz CT molecular complexity index is 338. The highest BCUT2D eigenvalue weighted by atomic mass is 16.1. The van der Waals surface area contributed by atoms with Crippen LogP contribution in [0, 0.1) is 5.92 Å². The topological polar surface area (TPSA) is 42.0 Å². The lowest BCUT2D eigenvalue weighted by Gasteiger charge is -2.11. The fourth-order valence-corrected chi connectivity index (χ4v) is 1.87. The predicted octanol–water partition coefficient (Wildman–Crippen LogP) is 2.96. The van der Waals surface area contributed by atoms with Gasteiger partial charge in [-0.1, -0.05) is 26.7 Å². The maximum atomic E-state index is 11.7. The molecule has 0 bridgehead atoms. The molecule has 0 saturated heterocycles. The van der Waals surface area contributed by atoms with Crippen LogP contribution in [-0.2, 0) is 11.2 Å². The number of hydrogen-bond donors (Lipinski definition) is 1. The summed E-state index contributed by atoms with van der Waals surface area (Å²) in [5, 5.41) is 3.01. The molecule has 1 aromatic rings. The third-order valence-corrected chi connectivity index (χ3v) is 3.13. The van der Waals surface area contributed by atoms with E-state index in [1.54, 1.807) is 12.4 Å². The Morgan fingerprint density at radius 3 is 2.72 bits per heavy atom. The SMILES string of the molecule is CCCCC(C)C(=O)NCCCc1ccncc1. The number of rotatable bonds is 8. The molecular weight excluding hydrogens is 224 g/mol. The highest BCUT2D eigenvalue weighted by Crippen LogP contribution is 2.07. The highest BCUT2D eigenvalue weighted by Gasteiger charge is 2.10. The first kappa shape index (κ1) is 14.7. The van der Waals surface area contributed by atoms with Crippen molar-refractivity contribution < 1.29 is 4.79 Å². The van der Waals surface area contributed by atoms with Crippen molar-refractivity contribution in [3.63, 3.8) is 0 Å². The molecule has 1 N–H and O–H groups in total. The monoisotopic (exact) mass is 248 g/mol. The van der Waals surface area contributed by atoms with Crippen molar-refractivity contribution in [3.05, 3.63) is 30.1 Å². The van der Waals surface area contributed by atoms with Crippen LogP contribution in [0.1, 0.15) is 45.1 Å². The van der Waals surface area contributed by atoms with E-state index in [4.69, 9.17) is 0 Å². The first-order valence-corrected chi connectivity index (χ1v) is 6.90. The molecule has 1 unspecified atom stereocenters. The third-order valence-electron chi connectivity index (χ3n) is 3.13. The van der Waals surface area contributed by atoms with Gasteiger partial charge in [0.15, 0.2) is 0 Å². The Labute approximate surface area is 110 Å². The molecule has 1 atom stereocenters. The van der Waals surface area contributed by atoms with Crippen LogP contribution in [-0.4, -0.2) is 17.4 Å². The van der Waals surface area contributed by atoms with Crippen LogP contribution in [0.5, 0.6) is 0 Å². The zero-order valence-electron chi connectivity index (χ0n) is 11.5. The second kappa shape index (κ2) is 8.67. The van der Waals surface area contributed by atoms with Gasteiger partial charge in [-0.05, 0) is 37.0 Å². The molecule has 18 heavy (non-hydrogen) atoms. The molecule has 0 radical (unpaired) electrons. The number of nitrogens with one attached hydrogen (secondary N) is 1. The lowest BCUT2D eigenvalue weighted by molar-refractivity contribution is -0.124. The van der Waals surface area contributed by atoms with E-state index >= 15 is 0 Å². The zero-order chi connectivity index (χ0) is 13.2. The van der Waals surface area contributed by atoms with Crippen LogP contribution < -0.4 is 5.32 Å². The van der Waals surface area contributed by atoms with Gasteiger partial charge in [0.1, 0.15) is 0 Å². The van der Waals surface area contributed by atoms with Gasteiger partial charge in [0.05, 0.1) is 0 Å². The van der Waals surface area contributed by atoms with E-state index in [0.29, 0.717) is 0 Å². The van der Waals surface area contributed by atoms with Crippen LogP contribution in [0.15, 0.2) is 24.5 Å². The summed E-state index contributed by atoms with van der Waals surface area (Å²) < 4.78 is 0. The zero-order valence-corrected chi connectivity index (χ0v) is 11.5. The molecule has 100 valence electrons. The van der Waals surface area contributed by atoms with Gasteiger partial charge < -0.3 is 5.32 Å². The molecule has 0 saturated carbocycles. The van der Waals surface area contributed by atoms with Gasteiger partial charge >= 0.3 is 0 Å². The lowest BCUT2D eigenvalue weighted by Crippen LogP contribution is -2.30. The molecule has 0 aromatic carbocycles. The summed E-state index contributed by atoms with van der Waals surface area (Å²) in [5.74, 6) is 0.337. The molecule has 1 rings (SSSR count). The van der Waals surface area contributed by atoms with E-state index in [-0.39, 0.29) is 11.8 Å². The van der Waals surface area contributed by atoms with Crippen molar-refractivity contribution >= 4 is 5.91 Å². The van der Waals surface area contributed by atoms with Crippen molar-refractivity contribution in [1.29, 1.82) is 0 Å². The molecule has 1 heterocycles. The minimum atomic E-state index is 0.144. The van der Waals surface area contributed by atoms with Gasteiger partial charge in [-0.2, -0.15) is 0 Å². The van der Waals surface area contributed by atoms with Gasteiger partial charge in [0, 0.05) is 24.9 Å². The molecule has 0 aliphatic heterocycles. The molecule has 0 aliphatic carbocycles. The fourth-order valence-electron chi connectivity index (χ4n) is 1.87. The summed E-state index contributed by atoms with van der Waals surface area (Å²) in [6, 6.07) is 4.04. The van der Waals surface area contributed by atoms with E-state index in [1.165, 1.54) is 5.56 Å². The Balaban J connectivity index is 2.12. The van der Waals surface area contributed by atoms with Gasteiger partial charge in [-0.15, -0.1) is 0 Å². The number of aryl methyl sites for hydroxylation is 1. The number of unbranched alkanes of at least 4 members (excludes halogenated alkanes) is 1. The third kappa shape index (κ3) is 5.80. The second-order valence-electron chi connectivity index (χ2n) is 4.79. The van der Waals surface area contributed by atoms with E-state index in [0.717, 1.165) is 38.6 Å². The van der Waals surface area contributed by atoms with Gasteiger partial charge in [0.2, 0.25) is 5.91 Å². The van der Waals surface area contributed by atoms with E-state index in [9.17, 15) is 4.79 Å². The summed E-state index contributed by atoms with van der Waals surface area (Å²) in [6.07, 6.45) is 8.86. The normalized spacial score (nSPS) is 12.1. The van der Waals surface area contributed by atoms with Crippen LogP contribution in [0.25, 0.3) is 0 Å². The first-order valence-electron chi connectivity index (χ1n) is 6.90. The van der Waals surface area contributed by atoms with Crippen molar-refractivity contribution in [2.45, 2.75) is 46.0 Å². The van der Waals surface area contributed by atoms with Gasteiger partial charge in [0.25, 0.3) is 0 Å². The average Bonchev–Trinajstić information content (AvgIpc) is 2.41. The lowest BCUT2D eigenvalue weighted by atomic mass is 10.0. The number of amides is 1. The van der Waals surface area contributed by atoms with Crippen LogP contribution in [0.3, 0.4) is 0 Å². The molecule has 0 fully saturated rings. The maximum Gasteiger partial charge on any atom is 0.222 e. The minimum Gasteiger partial charge on any atom is -0.356 e. The van der Waals surface area contributed by atoms with Crippen molar-refractivity contribution in [3.8, 4) is 0 Å². The van der Waals surface area contributed by atoms with Crippen molar-refractivity contribution in [1.82, 2.24) is 10.3 Å². The Morgan fingerprint density at radius 2 is 2.06 bits per heavy atom. The molecule has 3 nitrogen and oxygen atoms in total. The largest absolute Gasteiger partial charge is 0.356 e. The van der Waals surface area contributed by atoms with Crippen LogP contribution in [0.4, 0.5) is 0 Å². The second-order valence-corrected chi connectivity index (χ2v) is 4.79. The number of pyridine rings is 1. The Morgan fingerprint density at radius 1 is 1.33 bits per heavy atom. The quantitative estimate of drug-likeness (QED) is 0.719. The summed E-state index contributed by atoms with van der Waals surface area (Å²) >= 11 is 0.